The first-order chi connectivity index (χ1) is 22.0. The molecule has 0 bridgehead atoms. The normalized spacial score (nSPS) is 21.1. The van der Waals surface area contributed by atoms with Crippen molar-refractivity contribution in [2.45, 2.75) is 62.6 Å². The smallest absolute Gasteiger partial charge is 0.248 e. The fourth-order valence-corrected chi connectivity index (χ4v) is 7.35. The Morgan fingerprint density at radius 1 is 1.00 bits per heavy atom. The molecule has 1 saturated heterocycles. The second kappa shape index (κ2) is 12.0. The molecule has 0 aromatic heterocycles. The summed E-state index contributed by atoms with van der Waals surface area (Å²) in [7, 11) is 0. The molecule has 1 saturated carbocycles. The Kier molecular flexibility index (Phi) is 8.08. The molecule has 3 amide bonds. The van der Waals surface area contributed by atoms with E-state index in [-0.39, 0.29) is 30.4 Å². The van der Waals surface area contributed by atoms with Gasteiger partial charge in [0.1, 0.15) is 17.7 Å². The van der Waals surface area contributed by atoms with Gasteiger partial charge in [-0.05, 0) is 116 Å². The molecule has 2 fully saturated rings. The summed E-state index contributed by atoms with van der Waals surface area (Å²) >= 11 is 0. The molecule has 7 N–H and O–H groups in total. The molecule has 1 aliphatic heterocycles. The van der Waals surface area contributed by atoms with Gasteiger partial charge in [0.25, 0.3) is 0 Å². The maximum absolute atomic E-state index is 13.8. The lowest BCUT2D eigenvalue weighted by atomic mass is 9.67. The number of amides is 3. The standard InChI is InChI=1S/C35H36FN7O3/c1-19(41-18-31(44)43-27(17-37)14-24-15-30(24)43)16-35(34(40)42-26-8-6-25(36)7-9-26)28-10-4-22(32(38)45)12-20(28)2-3-21-13-23(33(39)46)5-11-29(21)35/h4-13,19,24,27,30,41H,2-3,14-16,18H2,1H3,(H2,38,45)(H2,39,46)(H2,40,42)/t19-,24+,27-,30-/m0/s1. The highest BCUT2D eigenvalue weighted by Crippen LogP contribution is 2.48. The van der Waals surface area contributed by atoms with Gasteiger partial charge in [0.05, 0.1) is 18.0 Å². The van der Waals surface area contributed by atoms with Crippen LogP contribution in [0.5, 0.6) is 0 Å². The van der Waals surface area contributed by atoms with Crippen LogP contribution in [0.4, 0.5) is 10.1 Å². The second-order valence-corrected chi connectivity index (χ2v) is 12.6. The van der Waals surface area contributed by atoms with Crippen LogP contribution in [0.15, 0.2) is 60.7 Å². The van der Waals surface area contributed by atoms with E-state index in [0.717, 1.165) is 28.7 Å². The average molecular weight is 622 g/mol. The summed E-state index contributed by atoms with van der Waals surface area (Å²) in [6.07, 6.45) is 2.96. The number of hydrogen-bond donors (Lipinski definition) is 5. The highest BCUT2D eigenvalue weighted by Gasteiger charge is 2.54. The first kappa shape index (κ1) is 30.9. The molecule has 0 radical (unpaired) electrons. The van der Waals surface area contributed by atoms with E-state index in [1.54, 1.807) is 41.3 Å². The minimum absolute atomic E-state index is 0.0261. The lowest BCUT2D eigenvalue weighted by molar-refractivity contribution is -0.131. The number of anilines is 1. The van der Waals surface area contributed by atoms with E-state index in [4.69, 9.17) is 11.5 Å². The second-order valence-electron chi connectivity index (χ2n) is 12.6. The van der Waals surface area contributed by atoms with Gasteiger partial charge in [-0.3, -0.25) is 19.8 Å². The van der Waals surface area contributed by atoms with Crippen molar-refractivity contribution in [3.05, 3.63) is 99.9 Å². The molecular formula is C35H36FN7O3. The van der Waals surface area contributed by atoms with Crippen LogP contribution in [0.1, 0.15) is 69.2 Å². The van der Waals surface area contributed by atoms with Crippen LogP contribution in [0.3, 0.4) is 0 Å². The lowest BCUT2D eigenvalue weighted by Gasteiger charge is -2.39. The summed E-state index contributed by atoms with van der Waals surface area (Å²) in [5.74, 6) is -1.19. The van der Waals surface area contributed by atoms with Crippen molar-refractivity contribution in [1.29, 1.82) is 10.7 Å². The van der Waals surface area contributed by atoms with E-state index in [1.807, 2.05) is 19.1 Å². The van der Waals surface area contributed by atoms with Crippen molar-refractivity contribution in [1.82, 2.24) is 10.2 Å². The first-order valence-corrected chi connectivity index (χ1v) is 15.4. The molecule has 3 aliphatic rings. The Morgan fingerprint density at radius 3 is 2.13 bits per heavy atom. The van der Waals surface area contributed by atoms with Crippen LogP contribution >= 0.6 is 0 Å². The number of aryl methyl sites for hydroxylation is 2. The molecule has 46 heavy (non-hydrogen) atoms. The van der Waals surface area contributed by atoms with Crippen molar-refractivity contribution in [3.8, 4) is 6.07 Å². The van der Waals surface area contributed by atoms with Crippen molar-refractivity contribution in [3.63, 3.8) is 0 Å². The van der Waals surface area contributed by atoms with Gasteiger partial charge in [-0.2, -0.15) is 5.26 Å². The third-order valence-electron chi connectivity index (χ3n) is 9.66. The number of rotatable bonds is 9. The fraction of sp³-hybridized carbons (Fsp3) is 0.343. The van der Waals surface area contributed by atoms with Gasteiger partial charge in [0.15, 0.2) is 0 Å². The molecule has 0 unspecified atom stereocenters. The summed E-state index contributed by atoms with van der Waals surface area (Å²) < 4.78 is 13.8. The molecule has 236 valence electrons. The molecule has 2 aliphatic carbocycles. The van der Waals surface area contributed by atoms with Gasteiger partial charge in [0, 0.05) is 28.9 Å². The Bertz CT molecular complexity index is 1720. The number of carbonyl (C=O) groups excluding carboxylic acids is 3. The van der Waals surface area contributed by atoms with Crippen LogP contribution in [-0.2, 0) is 23.1 Å². The Balaban J connectivity index is 1.43. The number of amidine groups is 1. The van der Waals surface area contributed by atoms with Gasteiger partial charge in [-0.1, -0.05) is 12.1 Å². The molecule has 10 nitrogen and oxygen atoms in total. The number of halogens is 1. The fourth-order valence-electron chi connectivity index (χ4n) is 7.35. The number of benzene rings is 3. The number of piperidine rings is 1. The van der Waals surface area contributed by atoms with Crippen LogP contribution in [0.25, 0.3) is 0 Å². The van der Waals surface area contributed by atoms with Gasteiger partial charge < -0.3 is 27.0 Å². The summed E-state index contributed by atoms with van der Waals surface area (Å²) in [5, 5.41) is 25.8. The van der Waals surface area contributed by atoms with Crippen molar-refractivity contribution in [2.24, 2.45) is 17.4 Å². The zero-order chi connectivity index (χ0) is 32.7. The topological polar surface area (TPSA) is 178 Å². The first-order valence-electron chi connectivity index (χ1n) is 15.4. The molecule has 3 aromatic rings. The number of nitriles is 1. The molecule has 3 aromatic carbocycles. The minimum atomic E-state index is -1.16. The van der Waals surface area contributed by atoms with E-state index < -0.39 is 29.1 Å². The average Bonchev–Trinajstić information content (AvgIpc) is 3.73. The number of carbonyl (C=O) groups is 3. The third kappa shape index (κ3) is 5.61. The van der Waals surface area contributed by atoms with Gasteiger partial charge in [0.2, 0.25) is 17.7 Å². The van der Waals surface area contributed by atoms with E-state index in [1.165, 1.54) is 12.1 Å². The Morgan fingerprint density at radius 2 is 1.59 bits per heavy atom. The van der Waals surface area contributed by atoms with E-state index in [0.29, 0.717) is 48.4 Å². The molecular weight excluding hydrogens is 585 g/mol. The molecule has 11 heteroatoms. The zero-order valence-electron chi connectivity index (χ0n) is 25.5. The SMILES string of the molecule is C[C@@H](CC1(C(=N)Nc2ccc(F)cc2)c2ccc(C(N)=O)cc2CCc2cc(C(N)=O)ccc21)NCC(=O)N1[C@H](C#N)C[C@@H]2C[C@@H]21. The van der Waals surface area contributed by atoms with Crippen molar-refractivity contribution in [2.75, 3.05) is 11.9 Å². The zero-order valence-corrected chi connectivity index (χ0v) is 25.5. The number of nitrogens with two attached hydrogens (primary N) is 2. The minimum Gasteiger partial charge on any atom is -0.366 e. The number of nitrogens with zero attached hydrogens (tertiary/aromatic N) is 2. The van der Waals surface area contributed by atoms with Crippen LogP contribution in [0, 0.1) is 28.5 Å². The van der Waals surface area contributed by atoms with E-state index in [9.17, 15) is 29.4 Å². The summed E-state index contributed by atoms with van der Waals surface area (Å²) in [4.78, 5) is 39.4. The number of primary amides is 2. The maximum atomic E-state index is 13.8. The summed E-state index contributed by atoms with van der Waals surface area (Å²) in [6.45, 7) is 1.96. The Labute approximate surface area is 266 Å². The van der Waals surface area contributed by atoms with Gasteiger partial charge >= 0.3 is 0 Å². The lowest BCUT2D eigenvalue weighted by Crippen LogP contribution is -2.49. The van der Waals surface area contributed by atoms with E-state index >= 15 is 0 Å². The van der Waals surface area contributed by atoms with Gasteiger partial charge in [-0.15, -0.1) is 0 Å². The summed E-state index contributed by atoms with van der Waals surface area (Å²) in [5.41, 5.74) is 14.5. The van der Waals surface area contributed by atoms with Crippen LogP contribution in [-0.4, -0.2) is 53.1 Å². The number of fused-ring (bicyclic) bond motifs is 3. The Hall–Kier alpha value is -5.08. The van der Waals surface area contributed by atoms with Crippen molar-refractivity contribution < 1.29 is 18.8 Å². The number of likely N-dealkylation sites (tertiary alicyclic amines) is 1. The van der Waals surface area contributed by atoms with Crippen LogP contribution in [0.2, 0.25) is 0 Å². The highest BCUT2D eigenvalue weighted by molar-refractivity contribution is 6.05. The van der Waals surface area contributed by atoms with Crippen LogP contribution < -0.4 is 22.1 Å². The van der Waals surface area contributed by atoms with E-state index in [2.05, 4.69) is 16.7 Å². The number of hydrogen-bond acceptors (Lipinski definition) is 6. The monoisotopic (exact) mass is 621 g/mol. The quantitative estimate of drug-likeness (QED) is 0.181. The predicted molar refractivity (Wildman–Crippen MR) is 171 cm³/mol. The molecule has 6 rings (SSSR count). The number of nitrogens with one attached hydrogen (secondary N) is 3. The van der Waals surface area contributed by atoms with Crippen molar-refractivity contribution >= 4 is 29.2 Å². The molecule has 4 atom stereocenters. The summed E-state index contributed by atoms with van der Waals surface area (Å²) in [6, 6.07) is 17.8. The predicted octanol–water partition coefficient (Wildman–Crippen LogP) is 3.38. The van der Waals surface area contributed by atoms with Gasteiger partial charge in [-0.25, -0.2) is 4.39 Å². The maximum Gasteiger partial charge on any atom is 0.248 e. The highest BCUT2D eigenvalue weighted by atomic mass is 19.1. The third-order valence-corrected chi connectivity index (χ3v) is 9.66. The molecule has 1 heterocycles. The molecule has 0 spiro atoms. The largest absolute Gasteiger partial charge is 0.366 e.